The molecule has 0 heterocycles. The number of methoxy groups -OCH3 is 1. The summed E-state index contributed by atoms with van der Waals surface area (Å²) in [7, 11) is 1.77. The highest BCUT2D eigenvalue weighted by atomic mass is 16.5. The van der Waals surface area contributed by atoms with Gasteiger partial charge in [-0.3, -0.25) is 0 Å². The van der Waals surface area contributed by atoms with Crippen molar-refractivity contribution in [3.63, 3.8) is 0 Å². The lowest BCUT2D eigenvalue weighted by Crippen LogP contribution is -2.50. The number of hydrogen-bond acceptors (Lipinski definition) is 2. The van der Waals surface area contributed by atoms with Crippen LogP contribution in [0.25, 0.3) is 0 Å². The Hall–Kier alpha value is -1.02. The van der Waals surface area contributed by atoms with Gasteiger partial charge in [0, 0.05) is 24.4 Å². The fourth-order valence-corrected chi connectivity index (χ4v) is 3.91. The largest absolute Gasteiger partial charge is 0.381 e. The van der Waals surface area contributed by atoms with Gasteiger partial charge in [-0.25, -0.2) is 0 Å². The van der Waals surface area contributed by atoms with Gasteiger partial charge in [-0.05, 0) is 37.2 Å². The van der Waals surface area contributed by atoms with Crippen molar-refractivity contribution >= 4 is 5.69 Å². The van der Waals surface area contributed by atoms with Gasteiger partial charge in [0.05, 0.1) is 6.61 Å². The fraction of sp³-hybridized carbons (Fsp3) is 0.647. The first kappa shape index (κ1) is 13.0. The molecule has 2 fully saturated rings. The molecule has 1 atom stereocenters. The van der Waals surface area contributed by atoms with Crippen LogP contribution < -0.4 is 5.32 Å². The smallest absolute Gasteiger partial charge is 0.0733 e. The number of para-hydroxylation sites is 1. The molecule has 0 radical (unpaired) electrons. The Balaban J connectivity index is 1.71. The van der Waals surface area contributed by atoms with Crippen LogP contribution >= 0.6 is 0 Å². The number of benzene rings is 1. The van der Waals surface area contributed by atoms with Crippen LogP contribution in [-0.4, -0.2) is 13.2 Å². The molecule has 0 aliphatic heterocycles. The van der Waals surface area contributed by atoms with Gasteiger partial charge in [0.1, 0.15) is 0 Å². The third kappa shape index (κ3) is 2.51. The van der Waals surface area contributed by atoms with Gasteiger partial charge in [-0.1, -0.05) is 37.5 Å². The highest BCUT2D eigenvalue weighted by Crippen LogP contribution is 2.52. The van der Waals surface area contributed by atoms with Gasteiger partial charge in [0.25, 0.3) is 0 Å². The van der Waals surface area contributed by atoms with Crippen molar-refractivity contribution in [3.8, 4) is 0 Å². The number of nitrogens with one attached hydrogen (secondary N) is 1. The Kier molecular flexibility index (Phi) is 3.79. The second kappa shape index (κ2) is 5.54. The Morgan fingerprint density at radius 1 is 1.16 bits per heavy atom. The molecule has 1 spiro atoms. The van der Waals surface area contributed by atoms with Crippen LogP contribution in [0, 0.1) is 5.41 Å². The molecule has 2 saturated carbocycles. The number of rotatable bonds is 4. The van der Waals surface area contributed by atoms with E-state index in [9.17, 15) is 0 Å². The molecular weight excluding hydrogens is 234 g/mol. The first-order valence-electron chi connectivity index (χ1n) is 7.67. The average Bonchev–Trinajstić information content (AvgIpc) is 2.46. The molecule has 0 saturated heterocycles. The minimum atomic E-state index is 0.610. The molecule has 19 heavy (non-hydrogen) atoms. The first-order valence-corrected chi connectivity index (χ1v) is 7.67. The predicted octanol–water partition coefficient (Wildman–Crippen LogP) is 4.36. The standard InChI is InChI=1S/C17H25NO/c1-19-13-14-7-3-4-8-15(14)18-16-9-12-17(16)10-5-2-6-11-17/h3-4,7-8,16,18H,2,5-6,9-13H2,1H3. The minimum absolute atomic E-state index is 0.610. The predicted molar refractivity (Wildman–Crippen MR) is 79.3 cm³/mol. The Bertz CT molecular complexity index is 423. The molecule has 1 unspecified atom stereocenters. The summed E-state index contributed by atoms with van der Waals surface area (Å²) in [6.45, 7) is 0.697. The Morgan fingerprint density at radius 2 is 1.95 bits per heavy atom. The monoisotopic (exact) mass is 259 g/mol. The van der Waals surface area contributed by atoms with Gasteiger partial charge >= 0.3 is 0 Å². The first-order chi connectivity index (χ1) is 9.34. The van der Waals surface area contributed by atoms with E-state index in [0.717, 1.165) is 0 Å². The summed E-state index contributed by atoms with van der Waals surface area (Å²) in [6.07, 6.45) is 9.91. The maximum absolute atomic E-state index is 5.30. The van der Waals surface area contributed by atoms with E-state index in [1.807, 2.05) is 0 Å². The molecule has 3 rings (SSSR count). The van der Waals surface area contributed by atoms with Crippen LogP contribution in [0.1, 0.15) is 50.5 Å². The molecule has 0 bridgehead atoms. The molecule has 2 aliphatic rings. The summed E-state index contributed by atoms with van der Waals surface area (Å²) in [6, 6.07) is 9.26. The molecule has 2 nitrogen and oxygen atoms in total. The summed E-state index contributed by atoms with van der Waals surface area (Å²) in [5.41, 5.74) is 3.17. The van der Waals surface area contributed by atoms with E-state index in [1.54, 1.807) is 7.11 Å². The number of ether oxygens (including phenoxy) is 1. The summed E-state index contributed by atoms with van der Waals surface area (Å²) >= 11 is 0. The zero-order chi connectivity index (χ0) is 13.1. The van der Waals surface area contributed by atoms with Gasteiger partial charge in [-0.15, -0.1) is 0 Å². The molecule has 0 amide bonds. The van der Waals surface area contributed by atoms with Crippen molar-refractivity contribution in [3.05, 3.63) is 29.8 Å². The van der Waals surface area contributed by atoms with Crippen molar-refractivity contribution in [2.24, 2.45) is 5.41 Å². The second-order valence-electron chi connectivity index (χ2n) is 6.25. The van der Waals surface area contributed by atoms with Crippen LogP contribution in [0.2, 0.25) is 0 Å². The van der Waals surface area contributed by atoms with Crippen LogP contribution in [0.4, 0.5) is 5.69 Å². The van der Waals surface area contributed by atoms with Gasteiger partial charge < -0.3 is 10.1 Å². The molecule has 1 aromatic rings. The maximum Gasteiger partial charge on any atom is 0.0733 e. The lowest BCUT2D eigenvalue weighted by molar-refractivity contribution is 0.0570. The van der Waals surface area contributed by atoms with E-state index in [4.69, 9.17) is 4.74 Å². The summed E-state index contributed by atoms with van der Waals surface area (Å²) in [5, 5.41) is 3.81. The van der Waals surface area contributed by atoms with E-state index >= 15 is 0 Å². The molecule has 1 N–H and O–H groups in total. The zero-order valence-corrected chi connectivity index (χ0v) is 12.0. The van der Waals surface area contributed by atoms with Crippen LogP contribution in [-0.2, 0) is 11.3 Å². The van der Waals surface area contributed by atoms with Crippen molar-refractivity contribution in [1.29, 1.82) is 0 Å². The second-order valence-corrected chi connectivity index (χ2v) is 6.25. The van der Waals surface area contributed by atoms with Crippen molar-refractivity contribution in [2.45, 2.75) is 57.6 Å². The Morgan fingerprint density at radius 3 is 2.63 bits per heavy atom. The van der Waals surface area contributed by atoms with Crippen molar-refractivity contribution in [1.82, 2.24) is 0 Å². The molecule has 104 valence electrons. The van der Waals surface area contributed by atoms with Crippen LogP contribution in [0.15, 0.2) is 24.3 Å². The van der Waals surface area contributed by atoms with E-state index in [2.05, 4.69) is 29.6 Å². The van der Waals surface area contributed by atoms with E-state index < -0.39 is 0 Å². The third-order valence-corrected chi connectivity index (χ3v) is 5.17. The number of hydrogen-bond donors (Lipinski definition) is 1. The lowest BCUT2D eigenvalue weighted by atomic mass is 9.57. The maximum atomic E-state index is 5.30. The van der Waals surface area contributed by atoms with Crippen molar-refractivity contribution < 1.29 is 4.74 Å². The van der Waals surface area contributed by atoms with Gasteiger partial charge in [-0.2, -0.15) is 0 Å². The van der Waals surface area contributed by atoms with Gasteiger partial charge in [0.15, 0.2) is 0 Å². The van der Waals surface area contributed by atoms with Crippen LogP contribution in [0.5, 0.6) is 0 Å². The third-order valence-electron chi connectivity index (χ3n) is 5.17. The summed E-state index contributed by atoms with van der Waals surface area (Å²) < 4.78 is 5.30. The molecule has 0 aromatic heterocycles. The minimum Gasteiger partial charge on any atom is -0.381 e. The van der Waals surface area contributed by atoms with E-state index in [1.165, 1.54) is 56.2 Å². The zero-order valence-electron chi connectivity index (χ0n) is 12.0. The SMILES string of the molecule is COCc1ccccc1NC1CCC12CCCCC2. The molecule has 2 heteroatoms. The Labute approximate surface area is 116 Å². The molecule has 1 aromatic carbocycles. The van der Waals surface area contributed by atoms with E-state index in [0.29, 0.717) is 18.1 Å². The van der Waals surface area contributed by atoms with E-state index in [-0.39, 0.29) is 0 Å². The van der Waals surface area contributed by atoms with Gasteiger partial charge in [0.2, 0.25) is 0 Å². The highest BCUT2D eigenvalue weighted by molar-refractivity contribution is 5.52. The summed E-state index contributed by atoms with van der Waals surface area (Å²) in [4.78, 5) is 0. The highest BCUT2D eigenvalue weighted by Gasteiger charge is 2.46. The molecule has 2 aliphatic carbocycles. The van der Waals surface area contributed by atoms with Crippen molar-refractivity contribution in [2.75, 3.05) is 12.4 Å². The topological polar surface area (TPSA) is 21.3 Å². The molecular formula is C17H25NO. The fourth-order valence-electron chi connectivity index (χ4n) is 3.91. The normalized spacial score (nSPS) is 25.0. The lowest BCUT2D eigenvalue weighted by Gasteiger charge is -2.53. The summed E-state index contributed by atoms with van der Waals surface area (Å²) in [5.74, 6) is 0. The quantitative estimate of drug-likeness (QED) is 0.867. The van der Waals surface area contributed by atoms with Crippen LogP contribution in [0.3, 0.4) is 0 Å². The average molecular weight is 259 g/mol. The number of anilines is 1.